The van der Waals surface area contributed by atoms with Crippen molar-refractivity contribution >= 4 is 33.7 Å². The lowest BCUT2D eigenvalue weighted by Crippen LogP contribution is -2.14. The number of carbonyl (C=O) groups is 1. The first-order chi connectivity index (χ1) is 12.6. The Labute approximate surface area is 159 Å². The molecule has 3 rings (SSSR count). The molecule has 0 fully saturated rings. The van der Waals surface area contributed by atoms with Crippen molar-refractivity contribution in [1.82, 2.24) is 15.2 Å². The van der Waals surface area contributed by atoms with Crippen molar-refractivity contribution in [2.24, 2.45) is 0 Å². The number of hydrogen-bond acceptors (Lipinski definition) is 6. The van der Waals surface area contributed by atoms with Crippen molar-refractivity contribution < 1.29 is 9.18 Å². The number of halogens is 1. The van der Waals surface area contributed by atoms with E-state index in [1.54, 1.807) is 12.1 Å². The highest BCUT2D eigenvalue weighted by atomic mass is 32.1. The zero-order valence-corrected chi connectivity index (χ0v) is 16.2. The fourth-order valence-corrected chi connectivity index (χ4v) is 4.40. The fraction of sp³-hybridized carbons (Fsp3) is 0.333. The van der Waals surface area contributed by atoms with E-state index in [0.717, 1.165) is 17.8 Å². The number of hydrogen-bond donors (Lipinski definition) is 1. The SMILES string of the molecule is CCC(CC)c1nnc(NC(=O)Cc2csc(-c3cccc(F)c3)n2)s1. The van der Waals surface area contributed by atoms with Gasteiger partial charge in [0.05, 0.1) is 12.1 Å². The maximum atomic E-state index is 13.3. The number of thiazole rings is 1. The Morgan fingerprint density at radius 3 is 2.81 bits per heavy atom. The number of nitrogens with one attached hydrogen (secondary N) is 1. The molecule has 0 radical (unpaired) electrons. The van der Waals surface area contributed by atoms with Crippen molar-refractivity contribution in [3.05, 3.63) is 46.2 Å². The second-order valence-electron chi connectivity index (χ2n) is 5.84. The quantitative estimate of drug-likeness (QED) is 0.624. The molecule has 136 valence electrons. The topological polar surface area (TPSA) is 67.8 Å². The molecule has 0 spiro atoms. The molecular weight excluding hydrogens is 371 g/mol. The number of nitrogens with zero attached hydrogens (tertiary/aromatic N) is 3. The summed E-state index contributed by atoms with van der Waals surface area (Å²) < 4.78 is 13.3. The molecule has 5 nitrogen and oxygen atoms in total. The summed E-state index contributed by atoms with van der Waals surface area (Å²) in [6.45, 7) is 4.23. The monoisotopic (exact) mass is 390 g/mol. The molecule has 1 N–H and O–H groups in total. The van der Waals surface area contributed by atoms with E-state index in [1.165, 1.54) is 34.8 Å². The molecule has 2 heterocycles. The van der Waals surface area contributed by atoms with Crippen LogP contribution in [0.3, 0.4) is 0 Å². The molecule has 0 bridgehead atoms. The highest BCUT2D eigenvalue weighted by molar-refractivity contribution is 7.15. The Hall–Kier alpha value is -2.19. The predicted octanol–water partition coefficient (Wildman–Crippen LogP) is 4.89. The second kappa shape index (κ2) is 8.46. The van der Waals surface area contributed by atoms with E-state index in [1.807, 2.05) is 5.38 Å². The van der Waals surface area contributed by atoms with Crippen molar-refractivity contribution in [1.29, 1.82) is 0 Å². The van der Waals surface area contributed by atoms with Gasteiger partial charge >= 0.3 is 0 Å². The maximum absolute atomic E-state index is 13.3. The smallest absolute Gasteiger partial charge is 0.232 e. The number of anilines is 1. The van der Waals surface area contributed by atoms with Gasteiger partial charge in [0, 0.05) is 16.9 Å². The van der Waals surface area contributed by atoms with Gasteiger partial charge < -0.3 is 5.32 Å². The normalized spacial score (nSPS) is 11.1. The molecule has 0 aliphatic rings. The van der Waals surface area contributed by atoms with Gasteiger partial charge in [-0.2, -0.15) is 0 Å². The van der Waals surface area contributed by atoms with Crippen LogP contribution in [0.25, 0.3) is 10.6 Å². The summed E-state index contributed by atoms with van der Waals surface area (Å²) in [5.41, 5.74) is 1.36. The number of amides is 1. The van der Waals surface area contributed by atoms with Crippen LogP contribution in [0.4, 0.5) is 9.52 Å². The summed E-state index contributed by atoms with van der Waals surface area (Å²) in [5.74, 6) is -0.111. The highest BCUT2D eigenvalue weighted by Gasteiger charge is 2.15. The van der Waals surface area contributed by atoms with E-state index in [4.69, 9.17) is 0 Å². The molecular formula is C18H19FN4OS2. The average molecular weight is 391 g/mol. The molecule has 0 aliphatic heterocycles. The summed E-state index contributed by atoms with van der Waals surface area (Å²) in [6.07, 6.45) is 2.15. The number of benzene rings is 1. The van der Waals surface area contributed by atoms with Gasteiger partial charge in [0.1, 0.15) is 15.8 Å². The van der Waals surface area contributed by atoms with Crippen LogP contribution in [-0.2, 0) is 11.2 Å². The second-order valence-corrected chi connectivity index (χ2v) is 7.71. The minimum atomic E-state index is -0.304. The molecule has 2 aromatic heterocycles. The van der Waals surface area contributed by atoms with Crippen LogP contribution in [0.5, 0.6) is 0 Å². The van der Waals surface area contributed by atoms with Crippen LogP contribution in [0.2, 0.25) is 0 Å². The summed E-state index contributed by atoms with van der Waals surface area (Å²) in [7, 11) is 0. The molecule has 1 amide bonds. The first-order valence-corrected chi connectivity index (χ1v) is 10.1. The third-order valence-electron chi connectivity index (χ3n) is 3.99. The average Bonchev–Trinajstić information content (AvgIpc) is 3.26. The molecule has 0 atom stereocenters. The van der Waals surface area contributed by atoms with Gasteiger partial charge in [0.2, 0.25) is 11.0 Å². The molecule has 26 heavy (non-hydrogen) atoms. The zero-order chi connectivity index (χ0) is 18.5. The molecule has 1 aromatic carbocycles. The summed E-state index contributed by atoms with van der Waals surface area (Å²) in [6, 6.07) is 6.27. The summed E-state index contributed by atoms with van der Waals surface area (Å²) in [4.78, 5) is 16.7. The van der Waals surface area contributed by atoms with Crippen LogP contribution in [-0.4, -0.2) is 21.1 Å². The predicted molar refractivity (Wildman–Crippen MR) is 103 cm³/mol. The Balaban J connectivity index is 1.62. The van der Waals surface area contributed by atoms with Gasteiger partial charge in [0.15, 0.2) is 0 Å². The minimum Gasteiger partial charge on any atom is -0.300 e. The number of aromatic nitrogens is 3. The number of carbonyl (C=O) groups excluding carboxylic acids is 1. The van der Waals surface area contributed by atoms with Crippen molar-refractivity contribution in [3.8, 4) is 10.6 Å². The Bertz CT molecular complexity index is 889. The van der Waals surface area contributed by atoms with Crippen LogP contribution in [0.1, 0.15) is 43.3 Å². The van der Waals surface area contributed by atoms with Crippen LogP contribution < -0.4 is 5.32 Å². The molecule has 0 aliphatic carbocycles. The highest BCUT2D eigenvalue weighted by Crippen LogP contribution is 2.28. The molecule has 0 saturated heterocycles. The van der Waals surface area contributed by atoms with Crippen molar-refractivity contribution in [3.63, 3.8) is 0 Å². The molecule has 0 unspecified atom stereocenters. The van der Waals surface area contributed by atoms with Gasteiger partial charge in [0.25, 0.3) is 0 Å². The largest absolute Gasteiger partial charge is 0.300 e. The third-order valence-corrected chi connectivity index (χ3v) is 5.93. The van der Waals surface area contributed by atoms with Crippen LogP contribution >= 0.6 is 22.7 Å². The van der Waals surface area contributed by atoms with E-state index in [2.05, 4.69) is 34.3 Å². The Morgan fingerprint density at radius 2 is 2.08 bits per heavy atom. The molecule has 3 aromatic rings. The van der Waals surface area contributed by atoms with E-state index >= 15 is 0 Å². The Morgan fingerprint density at radius 1 is 1.27 bits per heavy atom. The molecule has 0 saturated carbocycles. The van der Waals surface area contributed by atoms with Crippen molar-refractivity contribution in [2.75, 3.05) is 5.32 Å². The maximum Gasteiger partial charge on any atom is 0.232 e. The lowest BCUT2D eigenvalue weighted by Gasteiger charge is -2.05. The van der Waals surface area contributed by atoms with Crippen LogP contribution in [0.15, 0.2) is 29.6 Å². The minimum absolute atomic E-state index is 0.145. The standard InChI is InChI=1S/C18H19FN4OS2/c1-3-11(4-2)17-22-23-18(26-17)21-15(24)9-14-10-25-16(20-14)12-6-5-7-13(19)8-12/h5-8,10-11H,3-4,9H2,1-2H3,(H,21,23,24). The van der Waals surface area contributed by atoms with Gasteiger partial charge in [-0.3, -0.25) is 4.79 Å². The van der Waals surface area contributed by atoms with Crippen molar-refractivity contribution in [2.45, 2.75) is 39.0 Å². The van der Waals surface area contributed by atoms with E-state index in [-0.39, 0.29) is 18.1 Å². The summed E-state index contributed by atoms with van der Waals surface area (Å²) in [5, 5.41) is 15.0. The molecule has 8 heteroatoms. The first kappa shape index (κ1) is 18.6. The van der Waals surface area contributed by atoms with Gasteiger partial charge in [-0.15, -0.1) is 21.5 Å². The van der Waals surface area contributed by atoms with E-state index in [0.29, 0.717) is 27.3 Å². The van der Waals surface area contributed by atoms with E-state index < -0.39 is 0 Å². The first-order valence-electron chi connectivity index (χ1n) is 8.42. The fourth-order valence-electron chi connectivity index (χ4n) is 2.56. The summed E-state index contributed by atoms with van der Waals surface area (Å²) >= 11 is 2.81. The van der Waals surface area contributed by atoms with E-state index in [9.17, 15) is 9.18 Å². The van der Waals surface area contributed by atoms with Gasteiger partial charge in [-0.05, 0) is 25.0 Å². The lowest BCUT2D eigenvalue weighted by molar-refractivity contribution is -0.115. The van der Waals surface area contributed by atoms with Gasteiger partial charge in [-0.1, -0.05) is 37.3 Å². The van der Waals surface area contributed by atoms with Gasteiger partial charge in [-0.25, -0.2) is 9.37 Å². The van der Waals surface area contributed by atoms with Crippen LogP contribution in [0, 0.1) is 5.82 Å². The zero-order valence-electron chi connectivity index (χ0n) is 14.5. The third kappa shape index (κ3) is 4.50. The lowest BCUT2D eigenvalue weighted by atomic mass is 10.1. The Kier molecular flexibility index (Phi) is 6.05. The number of rotatable bonds is 7.